The van der Waals surface area contributed by atoms with Gasteiger partial charge in [0.25, 0.3) is 0 Å². The number of amidine groups is 1. The molecule has 0 saturated heterocycles. The van der Waals surface area contributed by atoms with Crippen molar-refractivity contribution >= 4 is 46.0 Å². The van der Waals surface area contributed by atoms with Gasteiger partial charge in [0.05, 0.1) is 21.9 Å². The number of nitrogens with two attached hydrogens (primary N) is 1. The van der Waals surface area contributed by atoms with Gasteiger partial charge in [-0.2, -0.15) is 0 Å². The minimum absolute atomic E-state index is 0.248. The Kier molecular flexibility index (Phi) is 5.87. The van der Waals surface area contributed by atoms with Crippen molar-refractivity contribution in [1.82, 2.24) is 0 Å². The van der Waals surface area contributed by atoms with Crippen LogP contribution in [0.2, 0.25) is 0 Å². The number of aliphatic imine (C=N–C) groups is 1. The Morgan fingerprint density at radius 1 is 0.800 bits per heavy atom. The Morgan fingerprint density at radius 3 is 1.93 bits per heavy atom. The molecule has 1 heterocycles. The van der Waals surface area contributed by atoms with Gasteiger partial charge in [-0.25, -0.2) is 9.79 Å². The van der Waals surface area contributed by atoms with Crippen LogP contribution in [-0.2, 0) is 0 Å². The topological polar surface area (TPSA) is 70.7 Å². The van der Waals surface area contributed by atoms with E-state index in [1.807, 2.05) is 102 Å². The highest BCUT2D eigenvalue weighted by atomic mass is 32.1. The number of thiophene rings is 1. The van der Waals surface area contributed by atoms with Crippen molar-refractivity contribution in [3.8, 4) is 0 Å². The smallest absolute Gasteiger partial charge is 0.330 e. The van der Waals surface area contributed by atoms with Gasteiger partial charge in [0.1, 0.15) is 5.84 Å². The lowest BCUT2D eigenvalue weighted by atomic mass is 10.2. The van der Waals surface area contributed by atoms with E-state index in [2.05, 4.69) is 10.3 Å². The van der Waals surface area contributed by atoms with E-state index < -0.39 is 0 Å². The van der Waals surface area contributed by atoms with Crippen molar-refractivity contribution in [2.45, 2.75) is 0 Å². The Morgan fingerprint density at radius 2 is 1.40 bits per heavy atom. The molecule has 4 rings (SSSR count). The number of nitrogens with zero attached hydrogens (tertiary/aromatic N) is 2. The number of rotatable bonds is 5. The van der Waals surface area contributed by atoms with Crippen molar-refractivity contribution in [2.24, 2.45) is 10.7 Å². The number of benzene rings is 3. The van der Waals surface area contributed by atoms with E-state index in [1.165, 1.54) is 0 Å². The monoisotopic (exact) mass is 412 g/mol. The van der Waals surface area contributed by atoms with Crippen LogP contribution in [0.5, 0.6) is 0 Å². The lowest BCUT2D eigenvalue weighted by molar-refractivity contribution is 0.259. The number of nitrogens with one attached hydrogen (secondary N) is 1. The van der Waals surface area contributed by atoms with Gasteiger partial charge in [-0.05, 0) is 60.0 Å². The molecule has 0 aliphatic heterocycles. The molecule has 1 aromatic heterocycles. The minimum Gasteiger partial charge on any atom is -0.383 e. The van der Waals surface area contributed by atoms with Crippen molar-refractivity contribution in [3.05, 3.63) is 107 Å². The first-order chi connectivity index (χ1) is 14.7. The summed E-state index contributed by atoms with van der Waals surface area (Å²) >= 11 is 1.54. The maximum absolute atomic E-state index is 13.1. The molecule has 0 radical (unpaired) electrons. The molecular weight excluding hydrogens is 392 g/mol. The van der Waals surface area contributed by atoms with Crippen molar-refractivity contribution in [1.29, 1.82) is 0 Å². The maximum Gasteiger partial charge on any atom is 0.330 e. The highest BCUT2D eigenvalue weighted by Crippen LogP contribution is 2.26. The van der Waals surface area contributed by atoms with Crippen LogP contribution in [0, 0.1) is 0 Å². The molecule has 6 heteroatoms. The fraction of sp³-hybridized carbons (Fsp3) is 0. The van der Waals surface area contributed by atoms with Crippen molar-refractivity contribution in [3.63, 3.8) is 0 Å². The van der Waals surface area contributed by atoms with Crippen molar-refractivity contribution < 1.29 is 4.79 Å². The van der Waals surface area contributed by atoms with E-state index in [9.17, 15) is 4.79 Å². The van der Waals surface area contributed by atoms with Gasteiger partial charge in [0.2, 0.25) is 0 Å². The summed E-state index contributed by atoms with van der Waals surface area (Å²) in [4.78, 5) is 20.1. The second-order valence-corrected chi connectivity index (χ2v) is 7.41. The molecular formula is C24H20N4OS. The van der Waals surface area contributed by atoms with Crippen LogP contribution in [0.25, 0.3) is 0 Å². The molecule has 3 aromatic carbocycles. The first-order valence-corrected chi connectivity index (χ1v) is 10.3. The normalized spacial score (nSPS) is 11.1. The molecule has 2 amide bonds. The van der Waals surface area contributed by atoms with E-state index in [0.29, 0.717) is 11.5 Å². The Balaban J connectivity index is 1.54. The van der Waals surface area contributed by atoms with Crippen molar-refractivity contribution in [2.75, 3.05) is 10.2 Å². The van der Waals surface area contributed by atoms with Gasteiger partial charge in [-0.3, -0.25) is 4.90 Å². The fourth-order valence-electron chi connectivity index (χ4n) is 2.95. The molecule has 148 valence electrons. The first-order valence-electron chi connectivity index (χ1n) is 9.40. The number of carbonyl (C=O) groups excluding carboxylic acids is 1. The number of hydrogen-bond donors (Lipinski definition) is 2. The largest absolute Gasteiger partial charge is 0.383 e. The summed E-state index contributed by atoms with van der Waals surface area (Å²) in [5.74, 6) is 0.473. The quantitative estimate of drug-likeness (QED) is 0.305. The predicted octanol–water partition coefficient (Wildman–Crippen LogP) is 6.16. The van der Waals surface area contributed by atoms with Crippen LogP contribution in [0.3, 0.4) is 0 Å². The van der Waals surface area contributed by atoms with Gasteiger partial charge < -0.3 is 11.1 Å². The summed E-state index contributed by atoms with van der Waals surface area (Å²) < 4.78 is 0. The number of amides is 2. The fourth-order valence-corrected chi connectivity index (χ4v) is 3.58. The molecule has 5 nitrogen and oxygen atoms in total. The van der Waals surface area contributed by atoms with Crippen LogP contribution in [-0.4, -0.2) is 11.9 Å². The van der Waals surface area contributed by atoms with E-state index in [1.54, 1.807) is 16.2 Å². The summed E-state index contributed by atoms with van der Waals surface area (Å²) in [6.45, 7) is 0. The summed E-state index contributed by atoms with van der Waals surface area (Å²) in [5, 5.41) is 4.92. The molecule has 0 spiro atoms. The van der Waals surface area contributed by atoms with E-state index >= 15 is 0 Å². The molecule has 4 aromatic rings. The Labute approximate surface area is 179 Å². The van der Waals surface area contributed by atoms with Gasteiger partial charge in [0, 0.05) is 5.69 Å². The van der Waals surface area contributed by atoms with Gasteiger partial charge in [-0.15, -0.1) is 11.3 Å². The second-order valence-electron chi connectivity index (χ2n) is 6.46. The molecule has 0 aliphatic carbocycles. The molecule has 3 N–H and O–H groups in total. The van der Waals surface area contributed by atoms with Crippen LogP contribution >= 0.6 is 11.3 Å². The molecule has 0 fully saturated rings. The van der Waals surface area contributed by atoms with Crippen LogP contribution in [0.15, 0.2) is 107 Å². The third kappa shape index (κ3) is 4.56. The van der Waals surface area contributed by atoms with E-state index in [-0.39, 0.29) is 6.03 Å². The Bertz CT molecular complexity index is 1090. The zero-order valence-electron chi connectivity index (χ0n) is 16.1. The number of hydrogen-bond acceptors (Lipinski definition) is 3. The number of urea groups is 1. The third-order valence-corrected chi connectivity index (χ3v) is 5.27. The molecule has 0 bridgehead atoms. The lowest BCUT2D eigenvalue weighted by Crippen LogP contribution is -2.30. The average Bonchev–Trinajstić information content (AvgIpc) is 3.32. The molecule has 0 unspecified atom stereocenters. The predicted molar refractivity (Wildman–Crippen MR) is 125 cm³/mol. The van der Waals surface area contributed by atoms with Gasteiger partial charge in [-0.1, -0.05) is 42.5 Å². The highest BCUT2D eigenvalue weighted by molar-refractivity contribution is 7.12. The molecule has 0 atom stereocenters. The van der Waals surface area contributed by atoms with Crippen LogP contribution < -0.4 is 16.0 Å². The minimum atomic E-state index is -0.248. The van der Waals surface area contributed by atoms with Crippen LogP contribution in [0.4, 0.5) is 27.5 Å². The SMILES string of the molecule is NC(=Nc1ccc(NC(=O)N(c2ccccc2)c2ccccc2)cc1)c1cccs1. The number of para-hydroxylation sites is 2. The van der Waals surface area contributed by atoms with E-state index in [4.69, 9.17) is 5.73 Å². The van der Waals surface area contributed by atoms with Crippen LogP contribution in [0.1, 0.15) is 4.88 Å². The standard InChI is InChI=1S/C24H20N4OS/c25-23(22-12-7-17-30-22)26-18-13-15-19(16-14-18)27-24(29)28(20-8-3-1-4-9-20)21-10-5-2-6-11-21/h1-17H,(H2,25,26)(H,27,29). The summed E-state index contributed by atoms with van der Waals surface area (Å²) in [5.41, 5.74) is 9.01. The second kappa shape index (κ2) is 9.07. The van der Waals surface area contributed by atoms with E-state index in [0.717, 1.165) is 21.9 Å². The summed E-state index contributed by atoms with van der Waals surface area (Å²) in [7, 11) is 0. The summed E-state index contributed by atoms with van der Waals surface area (Å²) in [6, 6.07) is 30.0. The van der Waals surface area contributed by atoms with Gasteiger partial charge in [0.15, 0.2) is 0 Å². The van der Waals surface area contributed by atoms with Gasteiger partial charge >= 0.3 is 6.03 Å². The highest BCUT2D eigenvalue weighted by Gasteiger charge is 2.17. The summed E-state index contributed by atoms with van der Waals surface area (Å²) in [6.07, 6.45) is 0. The maximum atomic E-state index is 13.1. The lowest BCUT2D eigenvalue weighted by Gasteiger charge is -2.23. The first kappa shape index (κ1) is 19.4. The number of carbonyl (C=O) groups is 1. The third-order valence-electron chi connectivity index (χ3n) is 4.37. The molecule has 0 aliphatic rings. The zero-order valence-corrected chi connectivity index (χ0v) is 16.9. The number of anilines is 3. The average molecular weight is 413 g/mol. The Hall–Kier alpha value is -3.90. The molecule has 0 saturated carbocycles. The molecule has 30 heavy (non-hydrogen) atoms. The zero-order chi connectivity index (χ0) is 20.8.